The van der Waals surface area contributed by atoms with Gasteiger partial charge >= 0.3 is 0 Å². The third kappa shape index (κ3) is 4.40. The molecule has 5 nitrogen and oxygen atoms in total. The summed E-state index contributed by atoms with van der Waals surface area (Å²) in [5.74, 6) is 0.578. The van der Waals surface area contributed by atoms with E-state index < -0.39 is 5.91 Å². The zero-order chi connectivity index (χ0) is 14.4. The van der Waals surface area contributed by atoms with E-state index in [2.05, 4.69) is 26.5 Å². The van der Waals surface area contributed by atoms with Crippen molar-refractivity contribution < 1.29 is 13.9 Å². The summed E-state index contributed by atoms with van der Waals surface area (Å²) in [7, 11) is 0. The molecule has 104 valence electrons. The third-order valence-corrected chi connectivity index (χ3v) is 2.97. The van der Waals surface area contributed by atoms with E-state index in [0.717, 1.165) is 4.47 Å². The molecule has 0 radical (unpaired) electrons. The maximum atomic E-state index is 11.5. The summed E-state index contributed by atoms with van der Waals surface area (Å²) in [4.78, 5) is 11.5. The highest BCUT2D eigenvalue weighted by atomic mass is 79.9. The minimum atomic E-state index is -0.396. The highest BCUT2D eigenvalue weighted by Crippen LogP contribution is 2.27. The van der Waals surface area contributed by atoms with Crippen LogP contribution in [0, 0.1) is 0 Å². The molecule has 1 amide bonds. The van der Waals surface area contributed by atoms with Crippen LogP contribution in [-0.4, -0.2) is 18.7 Å². The SMILES string of the molecule is O=C(COc1ccc(Br)cc1Cl)NN=Cc1ccco1. The van der Waals surface area contributed by atoms with Crippen LogP contribution in [0.4, 0.5) is 0 Å². The Hall–Kier alpha value is -1.79. The lowest BCUT2D eigenvalue weighted by Gasteiger charge is -2.06. The van der Waals surface area contributed by atoms with Crippen LogP contribution in [-0.2, 0) is 4.79 Å². The minimum absolute atomic E-state index is 0.184. The van der Waals surface area contributed by atoms with E-state index in [1.54, 1.807) is 30.3 Å². The molecule has 1 aromatic carbocycles. The fourth-order valence-electron chi connectivity index (χ4n) is 1.30. The molecular formula is C13H10BrClN2O3. The topological polar surface area (TPSA) is 63.8 Å². The van der Waals surface area contributed by atoms with Crippen molar-refractivity contribution in [1.82, 2.24) is 5.43 Å². The molecule has 0 fully saturated rings. The predicted octanol–water partition coefficient (Wildman–Crippen LogP) is 3.22. The fourth-order valence-corrected chi connectivity index (χ4v) is 2.03. The van der Waals surface area contributed by atoms with Crippen LogP contribution >= 0.6 is 27.5 Å². The van der Waals surface area contributed by atoms with Crippen LogP contribution in [0.1, 0.15) is 5.76 Å². The van der Waals surface area contributed by atoms with Gasteiger partial charge in [0.1, 0.15) is 11.5 Å². The van der Waals surface area contributed by atoms with E-state index in [9.17, 15) is 4.79 Å². The molecule has 1 N–H and O–H groups in total. The molecule has 2 aromatic rings. The van der Waals surface area contributed by atoms with Crippen molar-refractivity contribution in [3.8, 4) is 5.75 Å². The van der Waals surface area contributed by atoms with E-state index in [0.29, 0.717) is 16.5 Å². The lowest BCUT2D eigenvalue weighted by molar-refractivity contribution is -0.123. The normalized spacial score (nSPS) is 10.7. The van der Waals surface area contributed by atoms with Gasteiger partial charge in [0.25, 0.3) is 5.91 Å². The molecule has 0 aliphatic carbocycles. The Morgan fingerprint density at radius 2 is 2.35 bits per heavy atom. The number of carbonyl (C=O) groups is 1. The number of nitrogens with zero attached hydrogens (tertiary/aromatic N) is 1. The van der Waals surface area contributed by atoms with Crippen LogP contribution in [0.5, 0.6) is 5.75 Å². The summed E-state index contributed by atoms with van der Waals surface area (Å²) in [6.07, 6.45) is 2.91. The monoisotopic (exact) mass is 356 g/mol. The maximum Gasteiger partial charge on any atom is 0.277 e. The molecular weight excluding hydrogens is 348 g/mol. The number of hydrazone groups is 1. The van der Waals surface area contributed by atoms with Gasteiger partial charge in [-0.1, -0.05) is 27.5 Å². The number of amides is 1. The molecule has 0 unspecified atom stereocenters. The number of furan rings is 1. The Bertz CT molecular complexity index is 614. The second-order valence-corrected chi connectivity index (χ2v) is 4.99. The molecule has 20 heavy (non-hydrogen) atoms. The van der Waals surface area contributed by atoms with E-state index >= 15 is 0 Å². The molecule has 7 heteroatoms. The average molecular weight is 358 g/mol. The van der Waals surface area contributed by atoms with Gasteiger partial charge in [-0.05, 0) is 30.3 Å². The number of benzene rings is 1. The Kier molecular flexibility index (Phi) is 5.20. The number of nitrogens with one attached hydrogen (secondary N) is 1. The van der Waals surface area contributed by atoms with Gasteiger partial charge in [-0.3, -0.25) is 4.79 Å². The largest absolute Gasteiger partial charge is 0.482 e. The number of hydrogen-bond acceptors (Lipinski definition) is 4. The summed E-state index contributed by atoms with van der Waals surface area (Å²) >= 11 is 9.24. The molecule has 0 aliphatic heterocycles. The zero-order valence-electron chi connectivity index (χ0n) is 10.2. The summed E-state index contributed by atoms with van der Waals surface area (Å²) in [6, 6.07) is 8.57. The summed E-state index contributed by atoms with van der Waals surface area (Å²) < 4.78 is 11.1. The number of rotatable bonds is 5. The average Bonchev–Trinajstić information content (AvgIpc) is 2.91. The Balaban J connectivity index is 1.80. The van der Waals surface area contributed by atoms with Gasteiger partial charge in [-0.15, -0.1) is 0 Å². The molecule has 1 aromatic heterocycles. The van der Waals surface area contributed by atoms with Gasteiger partial charge in [0, 0.05) is 4.47 Å². The zero-order valence-corrected chi connectivity index (χ0v) is 12.5. The molecule has 0 saturated carbocycles. The van der Waals surface area contributed by atoms with Crippen molar-refractivity contribution in [3.05, 3.63) is 51.9 Å². The van der Waals surface area contributed by atoms with Crippen LogP contribution in [0.2, 0.25) is 5.02 Å². The first kappa shape index (κ1) is 14.6. The van der Waals surface area contributed by atoms with E-state index in [1.807, 2.05) is 0 Å². The second kappa shape index (κ2) is 7.12. The number of hydrogen-bond donors (Lipinski definition) is 1. The smallest absolute Gasteiger partial charge is 0.277 e. The first-order valence-electron chi connectivity index (χ1n) is 5.58. The quantitative estimate of drug-likeness (QED) is 0.660. The molecule has 2 rings (SSSR count). The summed E-state index contributed by atoms with van der Waals surface area (Å²) in [5, 5.41) is 4.15. The van der Waals surface area contributed by atoms with E-state index in [-0.39, 0.29) is 6.61 Å². The van der Waals surface area contributed by atoms with Crippen LogP contribution < -0.4 is 10.2 Å². The van der Waals surface area contributed by atoms with Gasteiger partial charge in [0.05, 0.1) is 17.5 Å². The number of ether oxygens (including phenoxy) is 1. The van der Waals surface area contributed by atoms with Crippen molar-refractivity contribution in [2.75, 3.05) is 6.61 Å². The predicted molar refractivity (Wildman–Crippen MR) is 79.1 cm³/mol. The maximum absolute atomic E-state index is 11.5. The third-order valence-electron chi connectivity index (χ3n) is 2.18. The summed E-state index contributed by atoms with van der Waals surface area (Å²) in [5.41, 5.74) is 2.32. The van der Waals surface area contributed by atoms with Crippen molar-refractivity contribution in [2.45, 2.75) is 0 Å². The Labute approximate surface area is 128 Å². The first-order valence-corrected chi connectivity index (χ1v) is 6.75. The Morgan fingerprint density at radius 3 is 3.05 bits per heavy atom. The van der Waals surface area contributed by atoms with Gasteiger partial charge in [0.15, 0.2) is 6.61 Å². The first-order chi connectivity index (χ1) is 9.65. The van der Waals surface area contributed by atoms with Crippen molar-refractivity contribution in [3.63, 3.8) is 0 Å². The van der Waals surface area contributed by atoms with Crippen LogP contribution in [0.25, 0.3) is 0 Å². The van der Waals surface area contributed by atoms with Gasteiger partial charge < -0.3 is 9.15 Å². The standard InChI is InChI=1S/C13H10BrClN2O3/c14-9-3-4-12(11(15)6-9)20-8-13(18)17-16-7-10-2-1-5-19-10/h1-7H,8H2,(H,17,18). The molecule has 0 bridgehead atoms. The van der Waals surface area contributed by atoms with Gasteiger partial charge in [0.2, 0.25) is 0 Å². The van der Waals surface area contributed by atoms with Crippen molar-refractivity contribution >= 4 is 39.7 Å². The van der Waals surface area contributed by atoms with Gasteiger partial charge in [-0.25, -0.2) is 5.43 Å². The lowest BCUT2D eigenvalue weighted by Crippen LogP contribution is -2.24. The highest BCUT2D eigenvalue weighted by molar-refractivity contribution is 9.10. The molecule has 0 spiro atoms. The van der Waals surface area contributed by atoms with Gasteiger partial charge in [-0.2, -0.15) is 5.10 Å². The van der Waals surface area contributed by atoms with E-state index in [4.69, 9.17) is 20.8 Å². The van der Waals surface area contributed by atoms with Crippen molar-refractivity contribution in [2.24, 2.45) is 5.10 Å². The second-order valence-electron chi connectivity index (χ2n) is 3.67. The van der Waals surface area contributed by atoms with E-state index in [1.165, 1.54) is 12.5 Å². The fraction of sp³-hybridized carbons (Fsp3) is 0.0769. The lowest BCUT2D eigenvalue weighted by atomic mass is 10.3. The molecule has 1 heterocycles. The summed E-state index contributed by atoms with van der Waals surface area (Å²) in [6.45, 7) is -0.184. The van der Waals surface area contributed by atoms with Crippen LogP contribution in [0.3, 0.4) is 0 Å². The minimum Gasteiger partial charge on any atom is -0.482 e. The Morgan fingerprint density at radius 1 is 1.50 bits per heavy atom. The number of carbonyl (C=O) groups excluding carboxylic acids is 1. The number of halogens is 2. The highest BCUT2D eigenvalue weighted by Gasteiger charge is 2.05. The molecule has 0 aliphatic rings. The molecule has 0 atom stereocenters. The molecule has 0 saturated heterocycles. The van der Waals surface area contributed by atoms with Crippen molar-refractivity contribution in [1.29, 1.82) is 0 Å². The van der Waals surface area contributed by atoms with Crippen LogP contribution in [0.15, 0.2) is 50.6 Å².